The van der Waals surface area contributed by atoms with Gasteiger partial charge in [0.2, 0.25) is 5.78 Å². The number of nitrogens with zero attached hydrogens (tertiary/aromatic N) is 3. The number of hydrogen-bond acceptors (Lipinski definition) is 2. The van der Waals surface area contributed by atoms with Crippen molar-refractivity contribution >= 4 is 17.4 Å². The number of fused-ring (bicyclic) bond motifs is 1. The summed E-state index contributed by atoms with van der Waals surface area (Å²) in [7, 11) is 0. The highest BCUT2D eigenvalue weighted by atomic mass is 35.5. The summed E-state index contributed by atoms with van der Waals surface area (Å²) >= 11 is 5.66. The number of alkyl halides is 1. The maximum Gasteiger partial charge on any atom is 0.233 e. The van der Waals surface area contributed by atoms with Crippen molar-refractivity contribution in [3.8, 4) is 0 Å². The van der Waals surface area contributed by atoms with Crippen LogP contribution < -0.4 is 0 Å². The fourth-order valence-corrected chi connectivity index (χ4v) is 1.17. The molecule has 0 saturated carbocycles. The van der Waals surface area contributed by atoms with Crippen LogP contribution in [0.15, 0.2) is 24.7 Å². The molecule has 0 spiro atoms. The van der Waals surface area contributed by atoms with Gasteiger partial charge in [-0.15, -0.1) is 11.6 Å². The quantitative estimate of drug-likeness (QED) is 0.602. The molecule has 0 fully saturated rings. The normalized spacial score (nSPS) is 10.6. The summed E-state index contributed by atoms with van der Waals surface area (Å²) in [5.74, 6) is 1.16. The highest BCUT2D eigenvalue weighted by Gasteiger charge is 1.99. The molecular weight excluding hydrogens is 162 g/mol. The zero-order valence-electron chi connectivity index (χ0n) is 5.74. The number of imidazole rings is 1. The first kappa shape index (κ1) is 6.61. The first-order chi connectivity index (χ1) is 5.42. The van der Waals surface area contributed by atoms with Crippen LogP contribution in [0.4, 0.5) is 0 Å². The fraction of sp³-hybridized carbons (Fsp3) is 0.143. The van der Waals surface area contributed by atoms with E-state index in [2.05, 4.69) is 9.97 Å². The van der Waals surface area contributed by atoms with Crippen LogP contribution in [0.5, 0.6) is 0 Å². The molecule has 0 atom stereocenters. The molecule has 0 bridgehead atoms. The molecule has 3 nitrogen and oxygen atoms in total. The molecule has 2 aromatic heterocycles. The van der Waals surface area contributed by atoms with Crippen molar-refractivity contribution < 1.29 is 0 Å². The van der Waals surface area contributed by atoms with Gasteiger partial charge in [-0.25, -0.2) is 9.97 Å². The van der Waals surface area contributed by atoms with Crippen molar-refractivity contribution in [2.45, 2.75) is 5.88 Å². The molecule has 0 aliphatic heterocycles. The van der Waals surface area contributed by atoms with Crippen molar-refractivity contribution in [3.63, 3.8) is 0 Å². The van der Waals surface area contributed by atoms with Crippen molar-refractivity contribution in [2.75, 3.05) is 0 Å². The van der Waals surface area contributed by atoms with E-state index in [1.165, 1.54) is 0 Å². The number of halogens is 1. The van der Waals surface area contributed by atoms with Gasteiger partial charge in [-0.1, -0.05) is 0 Å². The third-order valence-electron chi connectivity index (χ3n) is 1.50. The van der Waals surface area contributed by atoms with Gasteiger partial charge in [0.05, 0.1) is 17.8 Å². The summed E-state index contributed by atoms with van der Waals surface area (Å²) in [6, 6.07) is 1.85. The molecule has 0 unspecified atom stereocenters. The van der Waals surface area contributed by atoms with Crippen LogP contribution >= 0.6 is 11.6 Å². The lowest BCUT2D eigenvalue weighted by atomic mass is 10.5. The summed E-state index contributed by atoms with van der Waals surface area (Å²) in [5.41, 5.74) is 0.967. The molecule has 11 heavy (non-hydrogen) atoms. The molecule has 4 heteroatoms. The molecular formula is C7H6ClN3. The monoisotopic (exact) mass is 167 g/mol. The van der Waals surface area contributed by atoms with Crippen LogP contribution in [-0.2, 0) is 5.88 Å². The Morgan fingerprint density at radius 3 is 3.18 bits per heavy atom. The number of rotatable bonds is 1. The number of hydrogen-bond donors (Lipinski definition) is 0. The molecule has 0 saturated heterocycles. The third kappa shape index (κ3) is 0.973. The van der Waals surface area contributed by atoms with Crippen molar-refractivity contribution in [3.05, 3.63) is 30.4 Å². The van der Waals surface area contributed by atoms with Gasteiger partial charge in [-0.2, -0.15) is 0 Å². The first-order valence-corrected chi connectivity index (χ1v) is 3.78. The van der Waals surface area contributed by atoms with Gasteiger partial charge >= 0.3 is 0 Å². The van der Waals surface area contributed by atoms with E-state index < -0.39 is 0 Å². The fourth-order valence-electron chi connectivity index (χ4n) is 0.976. The maximum atomic E-state index is 5.66. The second kappa shape index (κ2) is 2.51. The minimum atomic E-state index is 0.465. The molecule has 0 amide bonds. The van der Waals surface area contributed by atoms with Gasteiger partial charge in [0, 0.05) is 12.4 Å². The summed E-state index contributed by atoms with van der Waals surface area (Å²) in [6.45, 7) is 0. The van der Waals surface area contributed by atoms with Crippen LogP contribution in [0.1, 0.15) is 5.69 Å². The minimum Gasteiger partial charge on any atom is -0.287 e. The molecule has 2 aromatic rings. The van der Waals surface area contributed by atoms with Crippen LogP contribution in [0.2, 0.25) is 0 Å². The first-order valence-electron chi connectivity index (χ1n) is 3.25. The smallest absolute Gasteiger partial charge is 0.233 e. The van der Waals surface area contributed by atoms with Gasteiger partial charge in [0.25, 0.3) is 0 Å². The standard InChI is InChI=1S/C7H6ClN3/c8-4-6-5-10-7-9-2-1-3-11(6)7/h1-3,5H,4H2. The van der Waals surface area contributed by atoms with Crippen LogP contribution in [-0.4, -0.2) is 14.4 Å². The predicted molar refractivity (Wildman–Crippen MR) is 42.5 cm³/mol. The second-order valence-electron chi connectivity index (χ2n) is 2.17. The lowest BCUT2D eigenvalue weighted by Crippen LogP contribution is -1.89. The van der Waals surface area contributed by atoms with E-state index in [0.717, 1.165) is 5.69 Å². The van der Waals surface area contributed by atoms with E-state index in [1.807, 2.05) is 16.7 Å². The van der Waals surface area contributed by atoms with E-state index in [1.54, 1.807) is 12.4 Å². The van der Waals surface area contributed by atoms with Crippen LogP contribution in [0, 0.1) is 0 Å². The Hall–Kier alpha value is -1.09. The molecule has 0 N–H and O–H groups in total. The van der Waals surface area contributed by atoms with Crippen LogP contribution in [0.25, 0.3) is 5.78 Å². The molecule has 0 aliphatic rings. The van der Waals surface area contributed by atoms with Gasteiger partial charge in [0.1, 0.15) is 0 Å². The zero-order valence-corrected chi connectivity index (χ0v) is 6.49. The second-order valence-corrected chi connectivity index (χ2v) is 2.44. The molecule has 2 heterocycles. The Balaban J connectivity index is 2.76. The molecule has 56 valence electrons. The highest BCUT2D eigenvalue weighted by Crippen LogP contribution is 2.05. The summed E-state index contributed by atoms with van der Waals surface area (Å²) in [6.07, 6.45) is 5.34. The van der Waals surface area contributed by atoms with Gasteiger partial charge in [-0.05, 0) is 6.07 Å². The third-order valence-corrected chi connectivity index (χ3v) is 1.78. The van der Waals surface area contributed by atoms with E-state index in [9.17, 15) is 0 Å². The van der Waals surface area contributed by atoms with Crippen molar-refractivity contribution in [1.82, 2.24) is 14.4 Å². The zero-order chi connectivity index (χ0) is 7.68. The van der Waals surface area contributed by atoms with Crippen molar-refractivity contribution in [1.29, 1.82) is 0 Å². The largest absolute Gasteiger partial charge is 0.287 e. The van der Waals surface area contributed by atoms with E-state index in [4.69, 9.17) is 11.6 Å². The van der Waals surface area contributed by atoms with Gasteiger partial charge in [0.15, 0.2) is 0 Å². The van der Waals surface area contributed by atoms with Gasteiger partial charge in [-0.3, -0.25) is 4.40 Å². The highest BCUT2D eigenvalue weighted by molar-refractivity contribution is 6.16. The minimum absolute atomic E-state index is 0.465. The van der Waals surface area contributed by atoms with Crippen LogP contribution in [0.3, 0.4) is 0 Å². The maximum absolute atomic E-state index is 5.66. The average molecular weight is 168 g/mol. The van der Waals surface area contributed by atoms with Gasteiger partial charge < -0.3 is 0 Å². The lowest BCUT2D eigenvalue weighted by Gasteiger charge is -1.93. The Morgan fingerprint density at radius 2 is 2.36 bits per heavy atom. The SMILES string of the molecule is ClCc1cnc2ncccn12. The molecule has 2 rings (SSSR count). The van der Waals surface area contributed by atoms with Crippen molar-refractivity contribution in [2.24, 2.45) is 0 Å². The molecule has 0 aromatic carbocycles. The average Bonchev–Trinajstić information content (AvgIpc) is 2.47. The van der Waals surface area contributed by atoms with E-state index in [0.29, 0.717) is 11.7 Å². The Morgan fingerprint density at radius 1 is 1.45 bits per heavy atom. The topological polar surface area (TPSA) is 30.2 Å². The lowest BCUT2D eigenvalue weighted by molar-refractivity contribution is 1.05. The Bertz CT molecular complexity index is 368. The Kier molecular flexibility index (Phi) is 1.51. The summed E-state index contributed by atoms with van der Waals surface area (Å²) in [5, 5.41) is 0. The molecule has 0 aliphatic carbocycles. The summed E-state index contributed by atoms with van der Waals surface area (Å²) < 4.78 is 1.87. The van der Waals surface area contributed by atoms with E-state index >= 15 is 0 Å². The Labute approximate surface area is 68.7 Å². The number of aromatic nitrogens is 3. The molecule has 0 radical (unpaired) electrons. The summed E-state index contributed by atoms with van der Waals surface area (Å²) in [4.78, 5) is 8.10. The predicted octanol–water partition coefficient (Wildman–Crippen LogP) is 1.47. The van der Waals surface area contributed by atoms with E-state index in [-0.39, 0.29) is 0 Å².